The second kappa shape index (κ2) is 11.8. The monoisotopic (exact) mass is 430 g/mol. The summed E-state index contributed by atoms with van der Waals surface area (Å²) < 4.78 is 14.9. The quantitative estimate of drug-likeness (QED) is 0.320. The van der Waals surface area contributed by atoms with E-state index in [1.807, 2.05) is 0 Å². The number of carbonyl (C=O) groups is 2. The lowest BCUT2D eigenvalue weighted by Crippen LogP contribution is -2.28. The number of carbonyl (C=O) groups excluding carboxylic acids is 2. The SMILES string of the molecule is COc1cc(/C=N\NC(=O)COCC(=O)N/N=C/c2ccc(O)c(OC)c2)ccc1O. The Morgan fingerprint density at radius 2 is 1.26 bits per heavy atom. The number of hydrogen-bond acceptors (Lipinski definition) is 9. The van der Waals surface area contributed by atoms with Crippen LogP contribution in [0.25, 0.3) is 0 Å². The van der Waals surface area contributed by atoms with Gasteiger partial charge in [0.15, 0.2) is 23.0 Å². The Bertz CT molecular complexity index is 898. The van der Waals surface area contributed by atoms with Crippen molar-refractivity contribution in [3.63, 3.8) is 0 Å². The minimum Gasteiger partial charge on any atom is -0.504 e. The minimum absolute atomic E-state index is 0.0116. The largest absolute Gasteiger partial charge is 0.504 e. The first-order valence-electron chi connectivity index (χ1n) is 8.88. The molecule has 0 heterocycles. The van der Waals surface area contributed by atoms with Crippen molar-refractivity contribution in [3.05, 3.63) is 47.5 Å². The molecule has 0 saturated carbocycles. The standard InChI is InChI=1S/C20H22N4O7/c1-29-17-7-13(3-5-15(17)25)9-21-23-19(27)11-31-12-20(28)24-22-10-14-4-6-16(26)18(8-14)30-2/h3-10,25-26H,11-12H2,1-2H3,(H,23,27)(H,24,28)/b21-9-,22-10+. The van der Waals surface area contributed by atoms with E-state index in [1.54, 1.807) is 24.3 Å². The number of nitrogens with one attached hydrogen (secondary N) is 2. The number of methoxy groups -OCH3 is 2. The fraction of sp³-hybridized carbons (Fsp3) is 0.200. The third kappa shape index (κ3) is 7.66. The Morgan fingerprint density at radius 1 is 0.839 bits per heavy atom. The molecule has 11 nitrogen and oxygen atoms in total. The van der Waals surface area contributed by atoms with E-state index in [1.165, 1.54) is 38.8 Å². The maximum absolute atomic E-state index is 11.7. The van der Waals surface area contributed by atoms with Gasteiger partial charge < -0.3 is 24.4 Å². The normalized spacial score (nSPS) is 10.9. The highest BCUT2D eigenvalue weighted by molar-refractivity contribution is 5.85. The molecule has 0 atom stereocenters. The van der Waals surface area contributed by atoms with Crippen LogP contribution in [0.15, 0.2) is 46.6 Å². The van der Waals surface area contributed by atoms with Gasteiger partial charge >= 0.3 is 0 Å². The fourth-order valence-electron chi connectivity index (χ4n) is 2.21. The number of amides is 2. The molecule has 0 bridgehead atoms. The van der Waals surface area contributed by atoms with Gasteiger partial charge in [-0.1, -0.05) is 0 Å². The van der Waals surface area contributed by atoms with Crippen molar-refractivity contribution in [1.82, 2.24) is 10.9 Å². The van der Waals surface area contributed by atoms with E-state index < -0.39 is 11.8 Å². The summed E-state index contributed by atoms with van der Waals surface area (Å²) >= 11 is 0. The van der Waals surface area contributed by atoms with E-state index >= 15 is 0 Å². The fourth-order valence-corrected chi connectivity index (χ4v) is 2.21. The number of hydrazone groups is 2. The summed E-state index contributed by atoms with van der Waals surface area (Å²) in [6.45, 7) is -0.773. The van der Waals surface area contributed by atoms with Crippen LogP contribution in [0.3, 0.4) is 0 Å². The van der Waals surface area contributed by atoms with Crippen molar-refractivity contribution < 1.29 is 34.0 Å². The van der Waals surface area contributed by atoms with Gasteiger partial charge in [-0.05, 0) is 47.5 Å². The first-order valence-corrected chi connectivity index (χ1v) is 8.88. The molecule has 0 saturated heterocycles. The molecule has 2 aromatic rings. The molecule has 0 aliphatic rings. The molecule has 11 heteroatoms. The Balaban J connectivity index is 1.69. The zero-order valence-electron chi connectivity index (χ0n) is 16.9. The van der Waals surface area contributed by atoms with Crippen LogP contribution in [0.2, 0.25) is 0 Å². The highest BCUT2D eigenvalue weighted by atomic mass is 16.5. The summed E-state index contributed by atoms with van der Waals surface area (Å²) in [5.41, 5.74) is 5.68. The molecule has 2 rings (SSSR count). The third-order valence-electron chi connectivity index (χ3n) is 3.68. The smallest absolute Gasteiger partial charge is 0.266 e. The van der Waals surface area contributed by atoms with Crippen molar-refractivity contribution in [2.75, 3.05) is 27.4 Å². The molecule has 31 heavy (non-hydrogen) atoms. The second-order valence-corrected chi connectivity index (χ2v) is 5.94. The van der Waals surface area contributed by atoms with E-state index in [9.17, 15) is 19.8 Å². The molecule has 0 aliphatic heterocycles. The molecule has 2 aromatic carbocycles. The minimum atomic E-state index is -0.561. The van der Waals surface area contributed by atoms with Crippen LogP contribution in [0, 0.1) is 0 Å². The number of benzene rings is 2. The molecule has 0 fully saturated rings. The second-order valence-electron chi connectivity index (χ2n) is 5.94. The van der Waals surface area contributed by atoms with E-state index in [-0.39, 0.29) is 36.2 Å². The van der Waals surface area contributed by atoms with Crippen LogP contribution in [-0.2, 0) is 14.3 Å². The van der Waals surface area contributed by atoms with Crippen LogP contribution in [0.5, 0.6) is 23.0 Å². The zero-order chi connectivity index (χ0) is 22.6. The summed E-state index contributed by atoms with van der Waals surface area (Å²) in [5, 5.41) is 26.6. The highest BCUT2D eigenvalue weighted by Gasteiger charge is 2.05. The van der Waals surface area contributed by atoms with E-state index in [4.69, 9.17) is 14.2 Å². The molecular weight excluding hydrogens is 408 g/mol. The molecule has 0 spiro atoms. The predicted octanol–water partition coefficient (Wildman–Crippen LogP) is 0.732. The van der Waals surface area contributed by atoms with Gasteiger partial charge in [-0.2, -0.15) is 10.2 Å². The van der Waals surface area contributed by atoms with Crippen molar-refractivity contribution in [2.45, 2.75) is 0 Å². The summed E-state index contributed by atoms with van der Waals surface area (Å²) in [6.07, 6.45) is 2.72. The van der Waals surface area contributed by atoms with Gasteiger partial charge in [-0.15, -0.1) is 0 Å². The van der Waals surface area contributed by atoms with Crippen molar-refractivity contribution in [2.24, 2.45) is 10.2 Å². The van der Waals surface area contributed by atoms with Gasteiger partial charge in [0, 0.05) is 0 Å². The van der Waals surface area contributed by atoms with Gasteiger partial charge in [0.1, 0.15) is 13.2 Å². The third-order valence-corrected chi connectivity index (χ3v) is 3.68. The maximum Gasteiger partial charge on any atom is 0.266 e. The zero-order valence-corrected chi connectivity index (χ0v) is 16.9. The maximum atomic E-state index is 11.7. The highest BCUT2D eigenvalue weighted by Crippen LogP contribution is 2.26. The average Bonchev–Trinajstić information content (AvgIpc) is 2.76. The van der Waals surface area contributed by atoms with Crippen LogP contribution < -0.4 is 20.3 Å². The average molecular weight is 430 g/mol. The van der Waals surface area contributed by atoms with Gasteiger partial charge in [0.05, 0.1) is 26.6 Å². The van der Waals surface area contributed by atoms with Gasteiger partial charge in [-0.25, -0.2) is 10.9 Å². The Labute approximate surface area is 177 Å². The summed E-state index contributed by atoms with van der Waals surface area (Å²) in [4.78, 5) is 23.3. The lowest BCUT2D eigenvalue weighted by atomic mass is 10.2. The number of phenolic OH excluding ortho intramolecular Hbond substituents is 2. The van der Waals surface area contributed by atoms with Crippen molar-refractivity contribution >= 4 is 24.2 Å². The first-order chi connectivity index (χ1) is 14.9. The summed E-state index contributed by atoms with van der Waals surface area (Å²) in [5.74, 6) is -0.595. The lowest BCUT2D eigenvalue weighted by molar-refractivity contribution is -0.130. The Morgan fingerprint density at radius 3 is 1.65 bits per heavy atom. The van der Waals surface area contributed by atoms with E-state index in [2.05, 4.69) is 21.1 Å². The molecule has 4 N–H and O–H groups in total. The molecule has 0 aliphatic carbocycles. The molecule has 0 radical (unpaired) electrons. The number of hydrogen-bond donors (Lipinski definition) is 4. The van der Waals surface area contributed by atoms with E-state index in [0.29, 0.717) is 11.1 Å². The molecule has 2 amide bonds. The van der Waals surface area contributed by atoms with Crippen LogP contribution in [0.1, 0.15) is 11.1 Å². The Kier molecular flexibility index (Phi) is 8.80. The summed E-state index contributed by atoms with van der Waals surface area (Å²) in [6, 6.07) is 9.13. The first kappa shape index (κ1) is 23.2. The number of rotatable bonds is 10. The van der Waals surface area contributed by atoms with Crippen LogP contribution >= 0.6 is 0 Å². The Hall–Kier alpha value is -4.12. The van der Waals surface area contributed by atoms with Crippen molar-refractivity contribution in [1.29, 1.82) is 0 Å². The topological polar surface area (TPSA) is 151 Å². The number of nitrogens with zero attached hydrogens (tertiary/aromatic N) is 2. The van der Waals surface area contributed by atoms with Crippen LogP contribution in [-0.4, -0.2) is 61.9 Å². The van der Waals surface area contributed by atoms with Gasteiger partial charge in [-0.3, -0.25) is 9.59 Å². The predicted molar refractivity (Wildman–Crippen MR) is 112 cm³/mol. The number of ether oxygens (including phenoxy) is 3. The summed E-state index contributed by atoms with van der Waals surface area (Å²) in [7, 11) is 2.84. The number of phenols is 2. The lowest BCUT2D eigenvalue weighted by Gasteiger charge is -2.04. The van der Waals surface area contributed by atoms with Gasteiger partial charge in [0.25, 0.3) is 11.8 Å². The van der Waals surface area contributed by atoms with Crippen LogP contribution in [0.4, 0.5) is 0 Å². The molecule has 0 unspecified atom stereocenters. The van der Waals surface area contributed by atoms with E-state index in [0.717, 1.165) is 0 Å². The van der Waals surface area contributed by atoms with Crippen molar-refractivity contribution in [3.8, 4) is 23.0 Å². The number of aromatic hydroxyl groups is 2. The molecule has 164 valence electrons. The molecular formula is C20H22N4O7. The molecule has 0 aromatic heterocycles. The van der Waals surface area contributed by atoms with Gasteiger partial charge in [0.2, 0.25) is 0 Å².